The van der Waals surface area contributed by atoms with Gasteiger partial charge in [0.2, 0.25) is 0 Å². The fourth-order valence-electron chi connectivity index (χ4n) is 2.22. The summed E-state index contributed by atoms with van der Waals surface area (Å²) in [5.74, 6) is 0.246. The molecule has 0 saturated carbocycles. The molecule has 0 aliphatic carbocycles. The second-order valence-corrected chi connectivity index (χ2v) is 5.38. The lowest BCUT2D eigenvalue weighted by molar-refractivity contribution is 0.0600. The van der Waals surface area contributed by atoms with Crippen molar-refractivity contribution in [2.24, 2.45) is 4.99 Å². The molecule has 0 fully saturated rings. The van der Waals surface area contributed by atoms with Crippen molar-refractivity contribution < 1.29 is 9.53 Å². The Morgan fingerprint density at radius 2 is 1.83 bits per heavy atom. The van der Waals surface area contributed by atoms with Crippen LogP contribution < -0.4 is 0 Å². The van der Waals surface area contributed by atoms with Crippen LogP contribution in [0.2, 0.25) is 0 Å². The van der Waals surface area contributed by atoms with Gasteiger partial charge in [-0.3, -0.25) is 5.10 Å². The van der Waals surface area contributed by atoms with Crippen molar-refractivity contribution in [3.05, 3.63) is 71.3 Å². The number of rotatable bonds is 4. The Morgan fingerprint density at radius 1 is 1.12 bits per heavy atom. The van der Waals surface area contributed by atoms with Crippen LogP contribution in [0.25, 0.3) is 11.3 Å². The summed E-state index contributed by atoms with van der Waals surface area (Å²) >= 11 is 0. The highest BCUT2D eigenvalue weighted by molar-refractivity contribution is 5.90. The predicted molar refractivity (Wildman–Crippen MR) is 93.8 cm³/mol. The van der Waals surface area contributed by atoms with Crippen LogP contribution in [-0.4, -0.2) is 29.5 Å². The van der Waals surface area contributed by atoms with Gasteiger partial charge in [0, 0.05) is 12.3 Å². The molecule has 3 rings (SSSR count). The van der Waals surface area contributed by atoms with Gasteiger partial charge in [-0.15, -0.1) is 0 Å². The van der Waals surface area contributed by atoms with Gasteiger partial charge in [0.1, 0.15) is 0 Å². The number of nitrogens with zero attached hydrogens (tertiary/aromatic N) is 2. The highest BCUT2D eigenvalue weighted by Crippen LogP contribution is 2.21. The van der Waals surface area contributed by atoms with E-state index in [9.17, 15) is 4.79 Å². The number of aliphatic imine (C=N–C) groups is 1. The summed E-state index contributed by atoms with van der Waals surface area (Å²) in [5.41, 5.74) is 4.59. The van der Waals surface area contributed by atoms with E-state index in [2.05, 4.69) is 39.0 Å². The molecule has 1 heterocycles. The van der Waals surface area contributed by atoms with Crippen molar-refractivity contribution in [2.75, 3.05) is 7.11 Å². The van der Waals surface area contributed by atoms with E-state index in [1.807, 2.05) is 30.3 Å². The molecule has 1 N–H and O–H groups in total. The SMILES string of the molecule is COC(=O)c1ccc(C=Nc2cc(-c3ccc(C)cc3)[nH]n2)cc1. The number of aryl methyl sites for hydroxylation is 1. The van der Waals surface area contributed by atoms with E-state index < -0.39 is 0 Å². The molecule has 0 spiro atoms. The average Bonchev–Trinajstić information content (AvgIpc) is 3.09. The Labute approximate surface area is 140 Å². The summed E-state index contributed by atoms with van der Waals surface area (Å²) < 4.78 is 4.67. The number of esters is 1. The number of aromatic amines is 1. The number of hydrogen-bond acceptors (Lipinski definition) is 4. The monoisotopic (exact) mass is 319 g/mol. The predicted octanol–water partition coefficient (Wildman–Crippen LogP) is 3.92. The van der Waals surface area contributed by atoms with Crippen LogP contribution in [0.1, 0.15) is 21.5 Å². The first-order valence-corrected chi connectivity index (χ1v) is 7.50. The number of carbonyl (C=O) groups excluding carboxylic acids is 1. The smallest absolute Gasteiger partial charge is 0.337 e. The van der Waals surface area contributed by atoms with E-state index in [0.29, 0.717) is 11.4 Å². The normalized spacial score (nSPS) is 10.9. The van der Waals surface area contributed by atoms with Crippen LogP contribution in [0.3, 0.4) is 0 Å². The van der Waals surface area contributed by atoms with Crippen LogP contribution >= 0.6 is 0 Å². The molecule has 5 nitrogen and oxygen atoms in total. The first-order valence-electron chi connectivity index (χ1n) is 7.50. The standard InChI is InChI=1S/C19H17N3O2/c1-13-3-7-15(8-4-13)17-11-18(22-21-17)20-12-14-5-9-16(10-6-14)19(23)24-2/h3-12H,1-2H3,(H,21,22). The molecular weight excluding hydrogens is 302 g/mol. The number of carbonyl (C=O) groups is 1. The minimum absolute atomic E-state index is 0.353. The Kier molecular flexibility index (Phi) is 4.52. The van der Waals surface area contributed by atoms with Gasteiger partial charge >= 0.3 is 5.97 Å². The summed E-state index contributed by atoms with van der Waals surface area (Å²) in [7, 11) is 1.36. The van der Waals surface area contributed by atoms with Crippen LogP contribution in [0.5, 0.6) is 0 Å². The van der Waals surface area contributed by atoms with Gasteiger partial charge < -0.3 is 4.74 Å². The Balaban J connectivity index is 1.73. The van der Waals surface area contributed by atoms with Crippen molar-refractivity contribution in [3.63, 3.8) is 0 Å². The minimum Gasteiger partial charge on any atom is -0.465 e. The molecule has 0 bridgehead atoms. The Hall–Kier alpha value is -3.21. The second kappa shape index (κ2) is 6.91. The third kappa shape index (κ3) is 3.57. The van der Waals surface area contributed by atoms with Gasteiger partial charge in [-0.05, 0) is 30.2 Å². The van der Waals surface area contributed by atoms with Crippen molar-refractivity contribution in [1.29, 1.82) is 0 Å². The molecule has 0 atom stereocenters. The van der Waals surface area contributed by atoms with Crippen LogP contribution in [0, 0.1) is 6.92 Å². The molecule has 0 amide bonds. The molecule has 0 saturated heterocycles. The van der Waals surface area contributed by atoms with Gasteiger partial charge in [-0.25, -0.2) is 9.79 Å². The minimum atomic E-state index is -0.353. The quantitative estimate of drug-likeness (QED) is 0.585. The first kappa shape index (κ1) is 15.7. The average molecular weight is 319 g/mol. The van der Waals surface area contributed by atoms with E-state index in [4.69, 9.17) is 0 Å². The van der Waals surface area contributed by atoms with E-state index in [0.717, 1.165) is 16.8 Å². The number of nitrogens with one attached hydrogen (secondary N) is 1. The summed E-state index contributed by atoms with van der Waals surface area (Å²) in [6, 6.07) is 17.1. The zero-order chi connectivity index (χ0) is 16.9. The lowest BCUT2D eigenvalue weighted by atomic mass is 10.1. The van der Waals surface area contributed by atoms with Crippen molar-refractivity contribution >= 4 is 18.0 Å². The van der Waals surface area contributed by atoms with Gasteiger partial charge in [0.15, 0.2) is 5.82 Å². The first-order chi connectivity index (χ1) is 11.7. The van der Waals surface area contributed by atoms with Crippen LogP contribution in [-0.2, 0) is 4.74 Å². The van der Waals surface area contributed by atoms with Crippen LogP contribution in [0.4, 0.5) is 5.82 Å². The maximum Gasteiger partial charge on any atom is 0.337 e. The number of hydrogen-bond donors (Lipinski definition) is 1. The molecule has 0 unspecified atom stereocenters. The summed E-state index contributed by atoms with van der Waals surface area (Å²) in [5, 5.41) is 7.18. The number of ether oxygens (including phenoxy) is 1. The third-order valence-corrected chi connectivity index (χ3v) is 3.60. The zero-order valence-electron chi connectivity index (χ0n) is 13.5. The Bertz CT molecular complexity index is 862. The molecule has 3 aromatic rings. The summed E-state index contributed by atoms with van der Waals surface area (Å²) in [4.78, 5) is 15.7. The maximum absolute atomic E-state index is 11.4. The van der Waals surface area contributed by atoms with E-state index in [1.165, 1.54) is 12.7 Å². The highest BCUT2D eigenvalue weighted by atomic mass is 16.5. The number of benzene rings is 2. The molecule has 2 aromatic carbocycles. The van der Waals surface area contributed by atoms with Crippen LogP contribution in [0.15, 0.2) is 59.6 Å². The van der Waals surface area contributed by atoms with E-state index in [1.54, 1.807) is 18.3 Å². The molecule has 5 heteroatoms. The third-order valence-electron chi connectivity index (χ3n) is 3.60. The zero-order valence-corrected chi connectivity index (χ0v) is 13.5. The molecule has 0 aliphatic rings. The fraction of sp³-hybridized carbons (Fsp3) is 0.105. The van der Waals surface area contributed by atoms with Gasteiger partial charge in [-0.2, -0.15) is 5.10 Å². The molecule has 1 aromatic heterocycles. The molecule has 120 valence electrons. The summed E-state index contributed by atoms with van der Waals surface area (Å²) in [6.07, 6.45) is 1.70. The van der Waals surface area contributed by atoms with Crippen molar-refractivity contribution in [2.45, 2.75) is 6.92 Å². The molecular formula is C19H17N3O2. The van der Waals surface area contributed by atoms with E-state index in [-0.39, 0.29) is 5.97 Å². The van der Waals surface area contributed by atoms with Crippen molar-refractivity contribution in [3.8, 4) is 11.3 Å². The topological polar surface area (TPSA) is 67.3 Å². The second-order valence-electron chi connectivity index (χ2n) is 5.38. The molecule has 0 radical (unpaired) electrons. The highest BCUT2D eigenvalue weighted by Gasteiger charge is 2.04. The largest absolute Gasteiger partial charge is 0.465 e. The lowest BCUT2D eigenvalue weighted by Gasteiger charge is -1.98. The lowest BCUT2D eigenvalue weighted by Crippen LogP contribution is -2.00. The number of methoxy groups -OCH3 is 1. The van der Waals surface area contributed by atoms with Gasteiger partial charge in [0.25, 0.3) is 0 Å². The van der Waals surface area contributed by atoms with Gasteiger partial charge in [-0.1, -0.05) is 42.0 Å². The number of aromatic nitrogens is 2. The molecule has 0 aliphatic heterocycles. The number of H-pyrrole nitrogens is 1. The Morgan fingerprint density at radius 3 is 2.50 bits per heavy atom. The van der Waals surface area contributed by atoms with E-state index >= 15 is 0 Å². The van der Waals surface area contributed by atoms with Crippen molar-refractivity contribution in [1.82, 2.24) is 10.2 Å². The molecule has 24 heavy (non-hydrogen) atoms. The van der Waals surface area contributed by atoms with Gasteiger partial charge in [0.05, 0.1) is 18.4 Å². The summed E-state index contributed by atoms with van der Waals surface area (Å²) in [6.45, 7) is 2.05. The maximum atomic E-state index is 11.4. The fourth-order valence-corrected chi connectivity index (χ4v) is 2.22.